The van der Waals surface area contributed by atoms with Crippen molar-refractivity contribution in [2.24, 2.45) is 0 Å². The van der Waals surface area contributed by atoms with Crippen LogP contribution in [-0.2, 0) is 25.6 Å². The Hall–Kier alpha value is -4.63. The summed E-state index contributed by atoms with van der Waals surface area (Å²) < 4.78 is 0. The van der Waals surface area contributed by atoms with Gasteiger partial charge < -0.3 is 31.1 Å². The number of nitrogens with one attached hydrogen (secondary N) is 1. The average molecular weight is 517 g/mol. The number of anilines is 1. The van der Waals surface area contributed by atoms with E-state index in [0.29, 0.717) is 17.0 Å². The number of aliphatic carboxylic acids is 4. The van der Waals surface area contributed by atoms with Crippen LogP contribution in [0.1, 0.15) is 11.4 Å². The fraction of sp³-hybridized carbons (Fsp3) is 0.318. The van der Waals surface area contributed by atoms with Crippen molar-refractivity contribution in [1.82, 2.24) is 29.7 Å². The van der Waals surface area contributed by atoms with Crippen molar-refractivity contribution in [3.05, 3.63) is 48.0 Å². The van der Waals surface area contributed by atoms with E-state index in [2.05, 4.69) is 32.1 Å². The molecular weight excluding hydrogens is 490 g/mol. The summed E-state index contributed by atoms with van der Waals surface area (Å²) in [6, 6.07) is 10.1. The molecule has 0 aliphatic rings. The number of fused-ring (bicyclic) bond motifs is 1. The Labute approximate surface area is 210 Å². The number of rotatable bonds is 13. The molecule has 0 radical (unpaired) electrons. The van der Waals surface area contributed by atoms with Crippen molar-refractivity contribution < 1.29 is 39.6 Å². The number of carboxylic acid groups (broad SMARTS) is 4. The SMILES string of the molecule is Nc1ncnc2nc(Cc3ccccc3)[nH]c12.O=C(O)CN(CCN(CC(=O)O)CC(=O)O)CC(=O)O. The van der Waals surface area contributed by atoms with E-state index < -0.39 is 50.1 Å². The zero-order valence-corrected chi connectivity index (χ0v) is 19.6. The van der Waals surface area contributed by atoms with Gasteiger partial charge in [0.05, 0.1) is 26.2 Å². The molecule has 3 aromatic rings. The normalized spacial score (nSPS) is 10.8. The molecular formula is C22H27N7O8. The van der Waals surface area contributed by atoms with Gasteiger partial charge in [-0.15, -0.1) is 0 Å². The van der Waals surface area contributed by atoms with Crippen LogP contribution in [0.4, 0.5) is 5.82 Å². The molecule has 0 aliphatic heterocycles. The van der Waals surface area contributed by atoms with E-state index >= 15 is 0 Å². The summed E-state index contributed by atoms with van der Waals surface area (Å²) in [7, 11) is 0. The van der Waals surface area contributed by atoms with Crippen molar-refractivity contribution >= 4 is 40.9 Å². The molecule has 7 N–H and O–H groups in total. The number of nitrogens with two attached hydrogens (primary N) is 1. The lowest BCUT2D eigenvalue weighted by Crippen LogP contribution is -2.43. The van der Waals surface area contributed by atoms with Gasteiger partial charge >= 0.3 is 23.9 Å². The summed E-state index contributed by atoms with van der Waals surface area (Å²) >= 11 is 0. The number of carbonyl (C=O) groups is 4. The number of H-pyrrole nitrogens is 1. The number of nitrogens with zero attached hydrogens (tertiary/aromatic N) is 5. The van der Waals surface area contributed by atoms with Gasteiger partial charge in [-0.25, -0.2) is 15.0 Å². The van der Waals surface area contributed by atoms with Gasteiger partial charge in [-0.05, 0) is 5.56 Å². The van der Waals surface area contributed by atoms with Gasteiger partial charge in [-0.1, -0.05) is 30.3 Å². The Bertz CT molecular complexity index is 1150. The van der Waals surface area contributed by atoms with Crippen LogP contribution in [-0.4, -0.2) is 113 Å². The first-order chi connectivity index (χ1) is 17.5. The van der Waals surface area contributed by atoms with E-state index in [1.165, 1.54) is 11.9 Å². The summed E-state index contributed by atoms with van der Waals surface area (Å²) in [6.45, 7) is -2.25. The van der Waals surface area contributed by atoms with E-state index in [0.717, 1.165) is 22.0 Å². The van der Waals surface area contributed by atoms with E-state index in [1.54, 1.807) is 0 Å². The zero-order chi connectivity index (χ0) is 27.4. The third-order valence-corrected chi connectivity index (χ3v) is 4.75. The maximum atomic E-state index is 10.6. The first-order valence-electron chi connectivity index (χ1n) is 10.8. The fourth-order valence-corrected chi connectivity index (χ4v) is 3.24. The Morgan fingerprint density at radius 1 is 0.784 bits per heavy atom. The maximum absolute atomic E-state index is 10.6. The molecule has 0 amide bonds. The van der Waals surface area contributed by atoms with Gasteiger partial charge in [0.2, 0.25) is 0 Å². The van der Waals surface area contributed by atoms with Crippen LogP contribution < -0.4 is 5.73 Å². The number of benzene rings is 1. The molecule has 15 nitrogen and oxygen atoms in total. The molecule has 0 saturated heterocycles. The van der Waals surface area contributed by atoms with Crippen LogP contribution in [0.3, 0.4) is 0 Å². The van der Waals surface area contributed by atoms with Gasteiger partial charge in [0.25, 0.3) is 0 Å². The first kappa shape index (κ1) is 28.6. The molecule has 2 aromatic heterocycles. The lowest BCUT2D eigenvalue weighted by atomic mass is 10.1. The van der Waals surface area contributed by atoms with Crippen molar-refractivity contribution in [3.63, 3.8) is 0 Å². The van der Waals surface area contributed by atoms with E-state index in [-0.39, 0.29) is 13.1 Å². The third kappa shape index (κ3) is 10.7. The molecule has 0 fully saturated rings. The van der Waals surface area contributed by atoms with E-state index in [9.17, 15) is 19.2 Å². The van der Waals surface area contributed by atoms with Gasteiger partial charge in [0.15, 0.2) is 11.5 Å². The Morgan fingerprint density at radius 2 is 1.27 bits per heavy atom. The zero-order valence-electron chi connectivity index (χ0n) is 19.6. The summed E-state index contributed by atoms with van der Waals surface area (Å²) in [5.74, 6) is -3.63. The molecule has 0 atom stereocenters. The highest BCUT2D eigenvalue weighted by Gasteiger charge is 2.18. The largest absolute Gasteiger partial charge is 0.480 e. The highest BCUT2D eigenvalue weighted by molar-refractivity contribution is 5.81. The third-order valence-electron chi connectivity index (χ3n) is 4.75. The summed E-state index contributed by atoms with van der Waals surface area (Å²) in [5.41, 5.74) is 8.25. The minimum absolute atomic E-state index is 0.0703. The number of hydrogen-bond acceptors (Lipinski definition) is 10. The standard InChI is InChI=1S/C12H11N5.C10H16N2O8/c13-11-10-12(15-7-14-11)17-9(16-10)6-8-4-2-1-3-5-8;13-7(14)3-11(4-8(15)16)1-2-12(5-9(17)18)6-10(19)20/h1-5,7H,6H2,(H3,13,14,15,16,17);1-6H2,(H,13,14)(H,15,16)(H,17,18)(H,19,20). The maximum Gasteiger partial charge on any atom is 0.317 e. The molecule has 3 rings (SSSR count). The monoisotopic (exact) mass is 517 g/mol. The van der Waals surface area contributed by atoms with Crippen LogP contribution in [0.15, 0.2) is 36.7 Å². The Kier molecular flexibility index (Phi) is 10.9. The lowest BCUT2D eigenvalue weighted by Gasteiger charge is -2.23. The second kappa shape index (κ2) is 14.1. The summed E-state index contributed by atoms with van der Waals surface area (Å²) in [4.78, 5) is 59.9. The van der Waals surface area contributed by atoms with Gasteiger partial charge in [-0.3, -0.25) is 29.0 Å². The lowest BCUT2D eigenvalue weighted by molar-refractivity contribution is -0.145. The predicted octanol–water partition coefficient (Wildman–Crippen LogP) is -0.545. The molecule has 198 valence electrons. The van der Waals surface area contributed by atoms with Gasteiger partial charge in [0, 0.05) is 19.5 Å². The summed E-state index contributed by atoms with van der Waals surface area (Å²) in [6.07, 6.45) is 2.15. The number of aromatic nitrogens is 4. The Morgan fingerprint density at radius 3 is 1.70 bits per heavy atom. The molecule has 0 unspecified atom stereocenters. The minimum Gasteiger partial charge on any atom is -0.480 e. The molecule has 0 aliphatic carbocycles. The minimum atomic E-state index is -1.23. The first-order valence-corrected chi connectivity index (χ1v) is 10.8. The number of aromatic amines is 1. The predicted molar refractivity (Wildman–Crippen MR) is 129 cm³/mol. The number of nitrogen functional groups attached to an aromatic ring is 1. The second-order valence-corrected chi connectivity index (χ2v) is 7.80. The van der Waals surface area contributed by atoms with Crippen molar-refractivity contribution in [3.8, 4) is 0 Å². The number of carboxylic acids is 4. The topological polar surface area (TPSA) is 236 Å². The van der Waals surface area contributed by atoms with E-state index in [1.807, 2.05) is 18.2 Å². The fourth-order valence-electron chi connectivity index (χ4n) is 3.24. The van der Waals surface area contributed by atoms with Crippen LogP contribution in [0.2, 0.25) is 0 Å². The Balaban J connectivity index is 0.000000262. The summed E-state index contributed by atoms with van der Waals surface area (Å²) in [5, 5.41) is 34.5. The van der Waals surface area contributed by atoms with Crippen LogP contribution in [0.5, 0.6) is 0 Å². The van der Waals surface area contributed by atoms with Crippen molar-refractivity contribution in [2.75, 3.05) is 45.0 Å². The quantitative estimate of drug-likeness (QED) is 0.167. The highest BCUT2D eigenvalue weighted by atomic mass is 16.4. The van der Waals surface area contributed by atoms with Crippen LogP contribution >= 0.6 is 0 Å². The number of hydrogen-bond donors (Lipinski definition) is 6. The molecule has 15 heteroatoms. The van der Waals surface area contributed by atoms with E-state index in [4.69, 9.17) is 26.2 Å². The second-order valence-electron chi connectivity index (χ2n) is 7.80. The molecule has 1 aromatic carbocycles. The van der Waals surface area contributed by atoms with Crippen molar-refractivity contribution in [1.29, 1.82) is 0 Å². The molecule has 2 heterocycles. The highest BCUT2D eigenvalue weighted by Crippen LogP contribution is 2.15. The van der Waals surface area contributed by atoms with Crippen LogP contribution in [0, 0.1) is 0 Å². The van der Waals surface area contributed by atoms with Gasteiger partial charge in [0.1, 0.15) is 17.7 Å². The molecule has 37 heavy (non-hydrogen) atoms. The number of imidazole rings is 1. The molecule has 0 saturated carbocycles. The smallest absolute Gasteiger partial charge is 0.317 e. The van der Waals surface area contributed by atoms with Crippen molar-refractivity contribution in [2.45, 2.75) is 6.42 Å². The van der Waals surface area contributed by atoms with Crippen LogP contribution in [0.25, 0.3) is 11.2 Å². The molecule has 0 spiro atoms. The average Bonchev–Trinajstić information content (AvgIpc) is 3.21. The van der Waals surface area contributed by atoms with Gasteiger partial charge in [-0.2, -0.15) is 0 Å². The molecule has 0 bridgehead atoms.